The zero-order valence-corrected chi connectivity index (χ0v) is 16.0. The van der Waals surface area contributed by atoms with Gasteiger partial charge in [0, 0.05) is 18.7 Å². The first kappa shape index (κ1) is 21.9. The number of carbonyl (C=O) groups excluding carboxylic acids is 1. The van der Waals surface area contributed by atoms with Gasteiger partial charge in [0.1, 0.15) is 0 Å². The van der Waals surface area contributed by atoms with Gasteiger partial charge >= 0.3 is 6.18 Å². The van der Waals surface area contributed by atoms with E-state index < -0.39 is 21.8 Å². The average Bonchev–Trinajstić information content (AvgIpc) is 2.65. The Bertz CT molecular complexity index is 894. The van der Waals surface area contributed by atoms with E-state index in [-0.39, 0.29) is 22.9 Å². The summed E-state index contributed by atoms with van der Waals surface area (Å²) < 4.78 is 64.1. The monoisotopic (exact) mass is 414 g/mol. The zero-order chi connectivity index (χ0) is 20.8. The van der Waals surface area contributed by atoms with Gasteiger partial charge in [-0.15, -0.1) is 0 Å². The highest BCUT2D eigenvalue weighted by molar-refractivity contribution is 7.89. The van der Waals surface area contributed by atoms with Crippen LogP contribution in [0.4, 0.5) is 18.9 Å². The molecule has 2 N–H and O–H groups in total. The maximum Gasteiger partial charge on any atom is 0.416 e. The molecule has 0 aromatic heterocycles. The highest BCUT2D eigenvalue weighted by atomic mass is 32.2. The molecule has 152 valence electrons. The number of halogens is 3. The molecule has 0 saturated heterocycles. The Kier molecular flexibility index (Phi) is 7.20. The highest BCUT2D eigenvalue weighted by Crippen LogP contribution is 2.29. The van der Waals surface area contributed by atoms with Crippen LogP contribution in [0.25, 0.3) is 0 Å². The van der Waals surface area contributed by atoms with E-state index in [1.54, 1.807) is 12.1 Å². The molecule has 0 aliphatic heterocycles. The molecule has 2 aromatic carbocycles. The number of alkyl halides is 3. The van der Waals surface area contributed by atoms with Gasteiger partial charge in [0.05, 0.1) is 10.5 Å². The third kappa shape index (κ3) is 6.35. The summed E-state index contributed by atoms with van der Waals surface area (Å²) in [6, 6.07) is 10.4. The second-order valence-electron chi connectivity index (χ2n) is 6.17. The van der Waals surface area contributed by atoms with Gasteiger partial charge in [-0.25, -0.2) is 13.1 Å². The number of hydrogen-bond acceptors (Lipinski definition) is 3. The lowest BCUT2D eigenvalue weighted by atomic mass is 10.1. The van der Waals surface area contributed by atoms with Crippen LogP contribution in [0.15, 0.2) is 53.4 Å². The minimum absolute atomic E-state index is 0.112. The lowest BCUT2D eigenvalue weighted by Gasteiger charge is -2.09. The molecule has 0 heterocycles. The van der Waals surface area contributed by atoms with Crippen LogP contribution in [0, 0.1) is 0 Å². The lowest BCUT2D eigenvalue weighted by Crippen LogP contribution is -2.24. The predicted molar refractivity (Wildman–Crippen MR) is 100 cm³/mol. The maximum atomic E-state index is 12.5. The minimum Gasteiger partial charge on any atom is -0.326 e. The molecule has 2 aromatic rings. The van der Waals surface area contributed by atoms with E-state index in [2.05, 4.69) is 10.0 Å². The third-order valence-corrected chi connectivity index (χ3v) is 5.39. The van der Waals surface area contributed by atoms with Gasteiger partial charge in [0.25, 0.3) is 0 Å². The Morgan fingerprint density at radius 1 is 1.00 bits per heavy atom. The van der Waals surface area contributed by atoms with Gasteiger partial charge in [-0.1, -0.05) is 19.1 Å². The summed E-state index contributed by atoms with van der Waals surface area (Å²) in [6.07, 6.45) is -3.25. The molecule has 0 fully saturated rings. The lowest BCUT2D eigenvalue weighted by molar-refractivity contribution is -0.137. The molecule has 0 radical (unpaired) electrons. The van der Waals surface area contributed by atoms with Crippen molar-refractivity contribution in [1.29, 1.82) is 0 Å². The molecule has 0 aliphatic rings. The third-order valence-electron chi connectivity index (χ3n) is 3.91. The fourth-order valence-electron chi connectivity index (χ4n) is 2.38. The van der Waals surface area contributed by atoms with E-state index in [9.17, 15) is 26.4 Å². The molecule has 28 heavy (non-hydrogen) atoms. The van der Waals surface area contributed by atoms with Gasteiger partial charge in [0.15, 0.2) is 0 Å². The molecule has 2 rings (SSSR count). The maximum absolute atomic E-state index is 12.5. The number of anilines is 1. The van der Waals surface area contributed by atoms with E-state index in [1.165, 1.54) is 24.3 Å². The van der Waals surface area contributed by atoms with Crippen LogP contribution in [0.5, 0.6) is 0 Å². The van der Waals surface area contributed by atoms with E-state index in [4.69, 9.17) is 0 Å². The molecule has 1 amide bonds. The van der Waals surface area contributed by atoms with Gasteiger partial charge in [0.2, 0.25) is 15.9 Å². The number of aryl methyl sites for hydroxylation is 1. The number of amides is 1. The van der Waals surface area contributed by atoms with E-state index in [1.807, 2.05) is 6.92 Å². The summed E-state index contributed by atoms with van der Waals surface area (Å²) >= 11 is 0. The molecular weight excluding hydrogens is 393 g/mol. The van der Waals surface area contributed by atoms with Crippen LogP contribution in [-0.4, -0.2) is 20.9 Å². The van der Waals surface area contributed by atoms with Crippen molar-refractivity contribution >= 4 is 21.6 Å². The summed E-state index contributed by atoms with van der Waals surface area (Å²) in [5.41, 5.74) is 0.271. The number of carbonyl (C=O) groups is 1. The molecule has 5 nitrogen and oxygen atoms in total. The normalized spacial score (nSPS) is 12.0. The molecule has 9 heteroatoms. The predicted octanol–water partition coefficient (Wildman–Crippen LogP) is 3.97. The zero-order valence-electron chi connectivity index (χ0n) is 15.2. The first-order valence-corrected chi connectivity index (χ1v) is 10.2. The molecule has 0 unspecified atom stereocenters. The largest absolute Gasteiger partial charge is 0.416 e. The number of nitrogens with one attached hydrogen (secondary N) is 2. The summed E-state index contributed by atoms with van der Waals surface area (Å²) in [4.78, 5) is 12.1. The minimum atomic E-state index is -4.42. The number of hydrogen-bond donors (Lipinski definition) is 2. The summed E-state index contributed by atoms with van der Waals surface area (Å²) in [5.74, 6) is -0.346. The van der Waals surface area contributed by atoms with E-state index in [0.717, 1.165) is 17.7 Å². The van der Waals surface area contributed by atoms with Crippen molar-refractivity contribution in [3.8, 4) is 0 Å². The van der Waals surface area contributed by atoms with Crippen molar-refractivity contribution in [1.82, 2.24) is 4.72 Å². The van der Waals surface area contributed by atoms with Crippen LogP contribution in [-0.2, 0) is 27.4 Å². The van der Waals surface area contributed by atoms with Crippen LogP contribution in [0.3, 0.4) is 0 Å². The molecule has 0 bridgehead atoms. The van der Waals surface area contributed by atoms with Crippen molar-refractivity contribution in [2.75, 3.05) is 11.9 Å². The van der Waals surface area contributed by atoms with Gasteiger partial charge in [-0.3, -0.25) is 4.79 Å². The van der Waals surface area contributed by atoms with Gasteiger partial charge < -0.3 is 5.32 Å². The van der Waals surface area contributed by atoms with Crippen molar-refractivity contribution in [3.63, 3.8) is 0 Å². The van der Waals surface area contributed by atoms with Crippen LogP contribution >= 0.6 is 0 Å². The van der Waals surface area contributed by atoms with Crippen LogP contribution in [0.1, 0.15) is 30.9 Å². The fraction of sp³-hybridized carbons (Fsp3) is 0.316. The number of rotatable bonds is 8. The number of benzene rings is 2. The summed E-state index contributed by atoms with van der Waals surface area (Å²) in [6.45, 7) is 2.22. The van der Waals surface area contributed by atoms with Crippen molar-refractivity contribution in [2.45, 2.75) is 37.3 Å². The standard InChI is InChI=1S/C19H21F3N2O3S/c1-2-13-23-28(26,27)17-10-3-14(4-11-17)5-12-18(25)24-16-8-6-15(7-9-16)19(20,21)22/h3-4,6-11,23H,2,5,12-13H2,1H3,(H,24,25). The number of sulfonamides is 1. The van der Waals surface area contributed by atoms with Crippen molar-refractivity contribution in [3.05, 3.63) is 59.7 Å². The van der Waals surface area contributed by atoms with Crippen LogP contribution in [0.2, 0.25) is 0 Å². The Hall–Kier alpha value is -2.39. The average molecular weight is 414 g/mol. The summed E-state index contributed by atoms with van der Waals surface area (Å²) in [7, 11) is -3.53. The Morgan fingerprint density at radius 2 is 1.61 bits per heavy atom. The Labute approximate surface area is 162 Å². The quantitative estimate of drug-likeness (QED) is 0.687. The first-order chi connectivity index (χ1) is 13.1. The van der Waals surface area contributed by atoms with Crippen molar-refractivity contribution in [2.24, 2.45) is 0 Å². The second kappa shape index (κ2) is 9.20. The molecule has 0 saturated carbocycles. The fourth-order valence-corrected chi connectivity index (χ4v) is 3.51. The molecular formula is C19H21F3N2O3S. The SMILES string of the molecule is CCCNS(=O)(=O)c1ccc(CCC(=O)Nc2ccc(C(F)(F)F)cc2)cc1. The van der Waals surface area contributed by atoms with Gasteiger partial charge in [-0.05, 0) is 54.8 Å². The van der Waals surface area contributed by atoms with E-state index >= 15 is 0 Å². The van der Waals surface area contributed by atoms with E-state index in [0.29, 0.717) is 19.4 Å². The van der Waals surface area contributed by atoms with Gasteiger partial charge in [-0.2, -0.15) is 13.2 Å². The van der Waals surface area contributed by atoms with Crippen molar-refractivity contribution < 1.29 is 26.4 Å². The molecule has 0 atom stereocenters. The summed E-state index contributed by atoms with van der Waals surface area (Å²) in [5, 5.41) is 2.54. The smallest absolute Gasteiger partial charge is 0.326 e. The highest BCUT2D eigenvalue weighted by Gasteiger charge is 2.29. The Balaban J connectivity index is 1.89. The Morgan fingerprint density at radius 3 is 2.14 bits per heavy atom. The second-order valence-corrected chi connectivity index (χ2v) is 7.93. The first-order valence-electron chi connectivity index (χ1n) is 8.67. The topological polar surface area (TPSA) is 75.3 Å². The molecule has 0 spiro atoms. The van der Waals surface area contributed by atoms with Crippen LogP contribution < -0.4 is 10.0 Å². The molecule has 0 aliphatic carbocycles.